The Morgan fingerprint density at radius 2 is 2.00 bits per heavy atom. The average molecular weight is 503 g/mol. The number of halogens is 2. The topological polar surface area (TPSA) is 79.7 Å². The first-order valence-electron chi connectivity index (χ1n) is 10.3. The minimum atomic E-state index is -0.921. The van der Waals surface area contributed by atoms with Crippen LogP contribution in [0.2, 0.25) is 10.0 Å². The van der Waals surface area contributed by atoms with Gasteiger partial charge in [0, 0.05) is 17.1 Å². The van der Waals surface area contributed by atoms with Crippen LogP contribution < -0.4 is 9.64 Å². The van der Waals surface area contributed by atoms with Crippen molar-refractivity contribution in [1.29, 1.82) is 0 Å². The number of ketones is 1. The van der Waals surface area contributed by atoms with Crippen LogP contribution in [-0.4, -0.2) is 28.4 Å². The number of anilines is 1. The summed E-state index contributed by atoms with van der Waals surface area (Å²) < 4.78 is 5.73. The molecule has 2 heterocycles. The molecular weight excluding hydrogens is 483 g/mol. The van der Waals surface area contributed by atoms with Crippen LogP contribution >= 0.6 is 34.5 Å². The summed E-state index contributed by atoms with van der Waals surface area (Å²) in [6.07, 6.45) is 3.43. The van der Waals surface area contributed by atoms with Gasteiger partial charge in [-0.25, -0.2) is 4.98 Å². The Morgan fingerprint density at radius 1 is 1.18 bits per heavy atom. The van der Waals surface area contributed by atoms with Crippen LogP contribution in [-0.2, 0) is 9.59 Å². The van der Waals surface area contributed by atoms with Crippen LogP contribution in [0.1, 0.15) is 36.9 Å². The van der Waals surface area contributed by atoms with E-state index >= 15 is 0 Å². The largest absolute Gasteiger partial charge is 0.507 e. The molecule has 1 amide bonds. The summed E-state index contributed by atoms with van der Waals surface area (Å²) in [4.78, 5) is 31.7. The molecule has 2 aromatic carbocycles. The maximum Gasteiger partial charge on any atom is 0.301 e. The molecule has 0 spiro atoms. The predicted molar refractivity (Wildman–Crippen MR) is 130 cm³/mol. The van der Waals surface area contributed by atoms with Crippen molar-refractivity contribution in [2.45, 2.75) is 25.8 Å². The maximum absolute atomic E-state index is 13.1. The van der Waals surface area contributed by atoms with Crippen molar-refractivity contribution in [1.82, 2.24) is 4.98 Å². The first-order valence-corrected chi connectivity index (χ1v) is 11.9. The van der Waals surface area contributed by atoms with Gasteiger partial charge in [-0.1, -0.05) is 54.7 Å². The molecule has 1 saturated heterocycles. The molecule has 6 nitrogen and oxygen atoms in total. The fourth-order valence-corrected chi connectivity index (χ4v) is 4.56. The minimum Gasteiger partial charge on any atom is -0.507 e. The first kappa shape index (κ1) is 23.3. The summed E-state index contributed by atoms with van der Waals surface area (Å²) in [6, 6.07) is 10.7. The number of carbonyl (C=O) groups excluding carboxylic acids is 2. The Balaban J connectivity index is 1.84. The van der Waals surface area contributed by atoms with Crippen molar-refractivity contribution in [3.8, 4) is 5.75 Å². The SMILES string of the molecule is CCCCOc1cccc(/C(O)=C2\C(=O)C(=O)N(c3nccs3)C2c2ccc(Cl)c(Cl)c2)c1. The van der Waals surface area contributed by atoms with Gasteiger partial charge in [0.2, 0.25) is 0 Å². The third-order valence-electron chi connectivity index (χ3n) is 5.20. The molecular formula is C24H20Cl2N2O4S. The number of aromatic nitrogens is 1. The molecule has 1 aliphatic heterocycles. The second kappa shape index (κ2) is 9.95. The van der Waals surface area contributed by atoms with E-state index in [-0.39, 0.29) is 16.4 Å². The molecule has 0 saturated carbocycles. The summed E-state index contributed by atoms with van der Waals surface area (Å²) in [5.41, 5.74) is 0.834. The van der Waals surface area contributed by atoms with E-state index in [1.54, 1.807) is 54.0 Å². The van der Waals surface area contributed by atoms with Gasteiger partial charge in [0.25, 0.3) is 5.78 Å². The van der Waals surface area contributed by atoms with E-state index in [4.69, 9.17) is 27.9 Å². The van der Waals surface area contributed by atoms with Crippen LogP contribution in [0, 0.1) is 0 Å². The number of aliphatic hydroxyl groups is 1. The zero-order valence-corrected chi connectivity index (χ0v) is 20.0. The van der Waals surface area contributed by atoms with Crippen LogP contribution in [0.3, 0.4) is 0 Å². The first-order chi connectivity index (χ1) is 15.9. The molecule has 1 N–H and O–H groups in total. The second-order valence-corrected chi connectivity index (χ2v) is 9.07. The summed E-state index contributed by atoms with van der Waals surface area (Å²) in [7, 11) is 0. The molecule has 1 aromatic heterocycles. The lowest BCUT2D eigenvalue weighted by Gasteiger charge is -2.23. The predicted octanol–water partition coefficient (Wildman–Crippen LogP) is 6.26. The highest BCUT2D eigenvalue weighted by Gasteiger charge is 2.48. The van der Waals surface area contributed by atoms with E-state index in [1.165, 1.54) is 16.2 Å². The molecule has 170 valence electrons. The second-order valence-electron chi connectivity index (χ2n) is 7.39. The number of thiazole rings is 1. The van der Waals surface area contributed by atoms with E-state index in [1.807, 2.05) is 0 Å². The van der Waals surface area contributed by atoms with Gasteiger partial charge in [-0.2, -0.15) is 0 Å². The lowest BCUT2D eigenvalue weighted by Crippen LogP contribution is -2.29. The number of nitrogens with zero attached hydrogens (tertiary/aromatic N) is 2. The summed E-state index contributed by atoms with van der Waals surface area (Å²) in [5, 5.41) is 13.9. The van der Waals surface area contributed by atoms with Crippen molar-refractivity contribution in [3.05, 3.63) is 80.8 Å². The molecule has 9 heteroatoms. The number of carbonyl (C=O) groups is 2. The molecule has 4 rings (SSSR count). The fourth-order valence-electron chi connectivity index (χ4n) is 3.59. The van der Waals surface area contributed by atoms with Gasteiger partial charge in [-0.3, -0.25) is 14.5 Å². The van der Waals surface area contributed by atoms with Crippen LogP contribution in [0.4, 0.5) is 5.13 Å². The highest BCUT2D eigenvalue weighted by Crippen LogP contribution is 2.44. The summed E-state index contributed by atoms with van der Waals surface area (Å²) >= 11 is 13.5. The number of hydrogen-bond acceptors (Lipinski definition) is 6. The van der Waals surface area contributed by atoms with Crippen molar-refractivity contribution < 1.29 is 19.4 Å². The molecule has 3 aromatic rings. The molecule has 1 fully saturated rings. The lowest BCUT2D eigenvalue weighted by atomic mass is 9.95. The van der Waals surface area contributed by atoms with Crippen molar-refractivity contribution in [2.75, 3.05) is 11.5 Å². The van der Waals surface area contributed by atoms with Gasteiger partial charge in [0.05, 0.1) is 28.3 Å². The smallest absolute Gasteiger partial charge is 0.301 e. The Hall–Kier alpha value is -2.87. The highest BCUT2D eigenvalue weighted by atomic mass is 35.5. The standard InChI is InChI=1S/C24H20Cl2N2O4S/c1-2-3-10-32-16-6-4-5-15(12-16)21(29)19-20(14-7-8-17(25)18(26)13-14)28(23(31)22(19)30)24-27-9-11-33-24/h4-9,11-13,20,29H,2-3,10H2,1H3/b21-19+. The molecule has 0 bridgehead atoms. The van der Waals surface area contributed by atoms with E-state index in [9.17, 15) is 14.7 Å². The fraction of sp³-hybridized carbons (Fsp3) is 0.208. The third kappa shape index (κ3) is 4.62. The lowest BCUT2D eigenvalue weighted by molar-refractivity contribution is -0.132. The number of amides is 1. The molecule has 1 atom stereocenters. The number of Topliss-reactive ketones (excluding diaryl/α,β-unsaturated/α-hetero) is 1. The monoisotopic (exact) mass is 502 g/mol. The van der Waals surface area contributed by atoms with E-state index in [0.29, 0.717) is 33.6 Å². The van der Waals surface area contributed by atoms with Crippen molar-refractivity contribution in [2.24, 2.45) is 0 Å². The third-order valence-corrected chi connectivity index (χ3v) is 6.71. The van der Waals surface area contributed by atoms with Gasteiger partial charge in [-0.15, -0.1) is 11.3 Å². The summed E-state index contributed by atoms with van der Waals surface area (Å²) in [6.45, 7) is 2.61. The Labute approximate surface area is 205 Å². The Kier molecular flexibility index (Phi) is 7.02. The van der Waals surface area contributed by atoms with Gasteiger partial charge < -0.3 is 9.84 Å². The minimum absolute atomic E-state index is 0.0562. The van der Waals surface area contributed by atoms with Gasteiger partial charge in [0.15, 0.2) is 5.13 Å². The normalized spacial score (nSPS) is 17.5. The number of unbranched alkanes of at least 4 members (excludes halogenated alkanes) is 1. The molecule has 0 aliphatic carbocycles. The average Bonchev–Trinajstić information content (AvgIpc) is 3.42. The maximum atomic E-state index is 13.1. The number of benzene rings is 2. The van der Waals surface area contributed by atoms with E-state index in [2.05, 4.69) is 11.9 Å². The van der Waals surface area contributed by atoms with E-state index < -0.39 is 17.7 Å². The number of hydrogen-bond donors (Lipinski definition) is 1. The van der Waals surface area contributed by atoms with Gasteiger partial charge >= 0.3 is 5.91 Å². The molecule has 1 unspecified atom stereocenters. The van der Waals surface area contributed by atoms with Crippen LogP contribution in [0.5, 0.6) is 5.75 Å². The summed E-state index contributed by atoms with van der Waals surface area (Å²) in [5.74, 6) is -1.33. The quantitative estimate of drug-likeness (QED) is 0.178. The van der Waals surface area contributed by atoms with Crippen LogP contribution in [0.15, 0.2) is 59.6 Å². The molecule has 1 aliphatic rings. The van der Waals surface area contributed by atoms with Crippen molar-refractivity contribution in [3.63, 3.8) is 0 Å². The van der Waals surface area contributed by atoms with Gasteiger partial charge in [-0.05, 0) is 36.2 Å². The Morgan fingerprint density at radius 3 is 2.70 bits per heavy atom. The van der Waals surface area contributed by atoms with Crippen molar-refractivity contribution >= 4 is 57.1 Å². The Bertz CT molecular complexity index is 1230. The van der Waals surface area contributed by atoms with Crippen LogP contribution in [0.25, 0.3) is 5.76 Å². The molecule has 33 heavy (non-hydrogen) atoms. The van der Waals surface area contributed by atoms with Gasteiger partial charge in [0.1, 0.15) is 11.5 Å². The molecule has 0 radical (unpaired) electrons. The number of ether oxygens (including phenoxy) is 1. The number of aliphatic hydroxyl groups excluding tert-OH is 1. The zero-order valence-electron chi connectivity index (χ0n) is 17.6. The zero-order chi connectivity index (χ0) is 23.5. The van der Waals surface area contributed by atoms with E-state index in [0.717, 1.165) is 12.8 Å². The highest BCUT2D eigenvalue weighted by molar-refractivity contribution is 7.14. The number of rotatable bonds is 7.